The summed E-state index contributed by atoms with van der Waals surface area (Å²) in [4.78, 5) is 23.3. The van der Waals surface area contributed by atoms with E-state index in [0.29, 0.717) is 0 Å². The fourth-order valence-corrected chi connectivity index (χ4v) is 1.50. The number of rotatable bonds is 2. The summed E-state index contributed by atoms with van der Waals surface area (Å²) in [6, 6.07) is 9.64. The van der Waals surface area contributed by atoms with Gasteiger partial charge in [-0.15, -0.1) is 0 Å². The van der Waals surface area contributed by atoms with Crippen molar-refractivity contribution in [1.82, 2.24) is 0 Å². The Hall–Kier alpha value is -3.02. The Kier molecular flexibility index (Phi) is 3.56. The number of benzene rings is 2. The van der Waals surface area contributed by atoms with Crippen LogP contribution in [-0.2, 0) is 4.74 Å². The van der Waals surface area contributed by atoms with E-state index in [2.05, 4.69) is 4.74 Å². The topological polar surface area (TPSA) is 104 Å². The molecule has 6 heteroatoms. The number of aromatic hydroxyl groups is 3. The Balaban J connectivity index is 2.19. The monoisotopic (exact) mass is 274 g/mol. The third-order valence-corrected chi connectivity index (χ3v) is 2.50. The number of ether oxygens (including phenoxy) is 1. The molecule has 0 aliphatic carbocycles. The van der Waals surface area contributed by atoms with E-state index >= 15 is 0 Å². The lowest BCUT2D eigenvalue weighted by Crippen LogP contribution is -2.12. The quantitative estimate of drug-likeness (QED) is 0.438. The molecule has 0 atom stereocenters. The number of esters is 2. The fraction of sp³-hybridized carbons (Fsp3) is 0. The van der Waals surface area contributed by atoms with Gasteiger partial charge in [0.2, 0.25) is 0 Å². The Morgan fingerprint density at radius 3 is 1.85 bits per heavy atom. The Labute approximate surface area is 113 Å². The average molecular weight is 274 g/mol. The molecule has 2 aromatic rings. The van der Waals surface area contributed by atoms with Gasteiger partial charge in [-0.2, -0.15) is 0 Å². The highest BCUT2D eigenvalue weighted by Crippen LogP contribution is 2.35. The largest absolute Gasteiger partial charge is 0.504 e. The SMILES string of the molecule is O=C(OC(=O)c1cc(O)c(O)c(O)c1)c1ccccc1. The third-order valence-electron chi connectivity index (χ3n) is 2.50. The molecule has 3 N–H and O–H groups in total. The molecule has 20 heavy (non-hydrogen) atoms. The Bertz CT molecular complexity index is 640. The predicted molar refractivity (Wildman–Crippen MR) is 67.6 cm³/mol. The van der Waals surface area contributed by atoms with Crippen LogP contribution in [0, 0.1) is 0 Å². The summed E-state index contributed by atoms with van der Waals surface area (Å²) in [5.74, 6) is -4.05. The minimum absolute atomic E-state index is 0.188. The molecule has 0 fully saturated rings. The zero-order chi connectivity index (χ0) is 14.7. The van der Waals surface area contributed by atoms with E-state index in [1.807, 2.05) is 0 Å². The summed E-state index contributed by atoms with van der Waals surface area (Å²) < 4.78 is 4.59. The molecular formula is C14H10O6. The number of carbonyl (C=O) groups excluding carboxylic acids is 2. The van der Waals surface area contributed by atoms with Crippen LogP contribution in [0.4, 0.5) is 0 Å². The number of hydrogen-bond acceptors (Lipinski definition) is 6. The molecule has 2 rings (SSSR count). The lowest BCUT2D eigenvalue weighted by Gasteiger charge is -2.05. The molecule has 0 heterocycles. The molecule has 102 valence electrons. The van der Waals surface area contributed by atoms with E-state index in [0.717, 1.165) is 12.1 Å². The van der Waals surface area contributed by atoms with Crippen LogP contribution in [0.5, 0.6) is 17.2 Å². The lowest BCUT2D eigenvalue weighted by molar-refractivity contribution is 0.0397. The predicted octanol–water partition coefficient (Wildman–Crippen LogP) is 1.80. The molecule has 0 unspecified atom stereocenters. The molecule has 0 bridgehead atoms. The maximum Gasteiger partial charge on any atom is 0.346 e. The molecule has 0 spiro atoms. The van der Waals surface area contributed by atoms with Crippen molar-refractivity contribution < 1.29 is 29.6 Å². The number of phenols is 3. The van der Waals surface area contributed by atoms with Gasteiger partial charge in [0.1, 0.15) is 0 Å². The van der Waals surface area contributed by atoms with Crippen LogP contribution in [-0.4, -0.2) is 27.3 Å². The van der Waals surface area contributed by atoms with E-state index in [1.165, 1.54) is 12.1 Å². The molecule has 0 aliphatic rings. The highest BCUT2D eigenvalue weighted by molar-refractivity contribution is 6.03. The van der Waals surface area contributed by atoms with Crippen LogP contribution < -0.4 is 0 Å². The summed E-state index contributed by atoms with van der Waals surface area (Å²) in [7, 11) is 0. The summed E-state index contributed by atoms with van der Waals surface area (Å²) in [5, 5.41) is 27.7. The first-order chi connectivity index (χ1) is 9.49. The second kappa shape index (κ2) is 5.31. The summed E-state index contributed by atoms with van der Waals surface area (Å²) in [6.45, 7) is 0. The van der Waals surface area contributed by atoms with Crippen LogP contribution in [0.1, 0.15) is 20.7 Å². The highest BCUT2D eigenvalue weighted by Gasteiger charge is 2.18. The fourth-order valence-electron chi connectivity index (χ4n) is 1.50. The number of phenolic OH excluding ortho intramolecular Hbond substituents is 3. The first-order valence-electron chi connectivity index (χ1n) is 5.55. The minimum Gasteiger partial charge on any atom is -0.504 e. The minimum atomic E-state index is -1.05. The van der Waals surface area contributed by atoms with Gasteiger partial charge in [0.05, 0.1) is 11.1 Å². The van der Waals surface area contributed by atoms with E-state index in [-0.39, 0.29) is 11.1 Å². The Morgan fingerprint density at radius 1 is 0.800 bits per heavy atom. The van der Waals surface area contributed by atoms with Crippen LogP contribution in [0.25, 0.3) is 0 Å². The molecule has 0 radical (unpaired) electrons. The summed E-state index contributed by atoms with van der Waals surface area (Å²) in [5.41, 5.74) is -0.0739. The molecule has 0 saturated carbocycles. The first-order valence-corrected chi connectivity index (χ1v) is 5.55. The van der Waals surface area contributed by atoms with Gasteiger partial charge in [0, 0.05) is 0 Å². The van der Waals surface area contributed by atoms with Gasteiger partial charge < -0.3 is 20.1 Å². The standard InChI is InChI=1S/C14H10O6/c15-10-6-9(7-11(16)12(10)17)14(19)20-13(18)8-4-2-1-3-5-8/h1-7,15-17H. The van der Waals surface area contributed by atoms with Crippen molar-refractivity contribution >= 4 is 11.9 Å². The van der Waals surface area contributed by atoms with Crippen molar-refractivity contribution in [1.29, 1.82) is 0 Å². The first kappa shape index (κ1) is 13.4. The van der Waals surface area contributed by atoms with Crippen LogP contribution in [0.3, 0.4) is 0 Å². The van der Waals surface area contributed by atoms with Crippen molar-refractivity contribution in [2.75, 3.05) is 0 Å². The smallest absolute Gasteiger partial charge is 0.346 e. The normalized spacial score (nSPS) is 10.0. The summed E-state index contributed by atoms with van der Waals surface area (Å²) in [6.07, 6.45) is 0. The Morgan fingerprint density at radius 2 is 1.30 bits per heavy atom. The van der Waals surface area contributed by atoms with Crippen molar-refractivity contribution in [2.24, 2.45) is 0 Å². The van der Waals surface area contributed by atoms with E-state index in [9.17, 15) is 19.8 Å². The van der Waals surface area contributed by atoms with Crippen molar-refractivity contribution in [3.8, 4) is 17.2 Å². The van der Waals surface area contributed by atoms with E-state index < -0.39 is 29.2 Å². The van der Waals surface area contributed by atoms with Gasteiger partial charge in [0.15, 0.2) is 17.2 Å². The van der Waals surface area contributed by atoms with E-state index in [4.69, 9.17) is 5.11 Å². The van der Waals surface area contributed by atoms with Gasteiger partial charge in [-0.3, -0.25) is 0 Å². The van der Waals surface area contributed by atoms with Gasteiger partial charge in [-0.1, -0.05) is 18.2 Å². The van der Waals surface area contributed by atoms with Crippen LogP contribution in [0.15, 0.2) is 42.5 Å². The highest BCUT2D eigenvalue weighted by atomic mass is 16.6. The molecule has 0 saturated heterocycles. The van der Waals surface area contributed by atoms with Crippen molar-refractivity contribution in [3.63, 3.8) is 0 Å². The maximum absolute atomic E-state index is 11.7. The van der Waals surface area contributed by atoms with Gasteiger partial charge >= 0.3 is 11.9 Å². The van der Waals surface area contributed by atoms with Gasteiger partial charge in [-0.25, -0.2) is 9.59 Å². The molecule has 6 nitrogen and oxygen atoms in total. The van der Waals surface area contributed by atoms with Crippen molar-refractivity contribution in [3.05, 3.63) is 53.6 Å². The zero-order valence-corrected chi connectivity index (χ0v) is 10.1. The van der Waals surface area contributed by atoms with Crippen LogP contribution >= 0.6 is 0 Å². The van der Waals surface area contributed by atoms with E-state index in [1.54, 1.807) is 18.2 Å². The lowest BCUT2D eigenvalue weighted by atomic mass is 10.2. The summed E-state index contributed by atoms with van der Waals surface area (Å²) >= 11 is 0. The molecule has 0 aliphatic heterocycles. The molecular weight excluding hydrogens is 264 g/mol. The third kappa shape index (κ3) is 2.69. The van der Waals surface area contributed by atoms with Crippen molar-refractivity contribution in [2.45, 2.75) is 0 Å². The maximum atomic E-state index is 11.7. The molecule has 0 aromatic heterocycles. The molecule has 0 amide bonds. The second-order valence-corrected chi connectivity index (χ2v) is 3.91. The number of carbonyl (C=O) groups is 2. The van der Waals surface area contributed by atoms with Gasteiger partial charge in [-0.05, 0) is 24.3 Å². The average Bonchev–Trinajstić information content (AvgIpc) is 2.45. The van der Waals surface area contributed by atoms with Crippen LogP contribution in [0.2, 0.25) is 0 Å². The zero-order valence-electron chi connectivity index (χ0n) is 10.1. The molecule has 2 aromatic carbocycles. The van der Waals surface area contributed by atoms with Gasteiger partial charge in [0.25, 0.3) is 0 Å². The number of hydrogen-bond donors (Lipinski definition) is 3. The second-order valence-electron chi connectivity index (χ2n) is 3.91.